The van der Waals surface area contributed by atoms with Gasteiger partial charge in [0.1, 0.15) is 0 Å². The van der Waals surface area contributed by atoms with Crippen LogP contribution in [0.25, 0.3) is 0 Å². The summed E-state index contributed by atoms with van der Waals surface area (Å²) >= 11 is 1.72. The Morgan fingerprint density at radius 2 is 2.06 bits per heavy atom. The van der Waals surface area contributed by atoms with Gasteiger partial charge >= 0.3 is 0 Å². The Morgan fingerprint density at radius 3 is 2.62 bits per heavy atom. The number of hydrogen-bond acceptors (Lipinski definition) is 3. The zero-order chi connectivity index (χ0) is 11.1. The van der Waals surface area contributed by atoms with Gasteiger partial charge in [0.05, 0.1) is 0 Å². The van der Waals surface area contributed by atoms with E-state index in [2.05, 4.69) is 17.6 Å². The average molecular weight is 267 g/mol. The summed E-state index contributed by atoms with van der Waals surface area (Å²) in [7, 11) is 0. The van der Waals surface area contributed by atoms with Crippen LogP contribution in [0.1, 0.15) is 26.2 Å². The van der Waals surface area contributed by atoms with Gasteiger partial charge in [-0.05, 0) is 37.6 Å². The molecule has 0 bridgehead atoms. The molecule has 1 saturated heterocycles. The predicted molar refractivity (Wildman–Crippen MR) is 73.5 cm³/mol. The van der Waals surface area contributed by atoms with Crippen molar-refractivity contribution in [2.75, 3.05) is 31.6 Å². The van der Waals surface area contributed by atoms with E-state index in [9.17, 15) is 4.79 Å². The molecule has 1 amide bonds. The van der Waals surface area contributed by atoms with E-state index in [-0.39, 0.29) is 18.3 Å². The SMILES string of the molecule is CSCCC(=O)NCC1(C)CCNCC1.Cl. The van der Waals surface area contributed by atoms with Crippen LogP contribution in [0, 0.1) is 5.41 Å². The molecule has 0 aromatic heterocycles. The first-order valence-electron chi connectivity index (χ1n) is 5.63. The molecule has 0 saturated carbocycles. The molecule has 0 aromatic rings. The molecule has 96 valence electrons. The topological polar surface area (TPSA) is 41.1 Å². The normalized spacial score (nSPS) is 18.6. The highest BCUT2D eigenvalue weighted by atomic mass is 35.5. The summed E-state index contributed by atoms with van der Waals surface area (Å²) < 4.78 is 0. The summed E-state index contributed by atoms with van der Waals surface area (Å²) in [6.07, 6.45) is 5.00. The molecule has 1 fully saturated rings. The summed E-state index contributed by atoms with van der Waals surface area (Å²) in [6.45, 7) is 5.26. The maximum atomic E-state index is 11.4. The molecule has 1 aliphatic heterocycles. The smallest absolute Gasteiger partial charge is 0.220 e. The molecule has 3 nitrogen and oxygen atoms in total. The Morgan fingerprint density at radius 1 is 1.44 bits per heavy atom. The second-order valence-corrected chi connectivity index (χ2v) is 5.57. The van der Waals surface area contributed by atoms with Crippen molar-refractivity contribution < 1.29 is 4.79 Å². The second-order valence-electron chi connectivity index (χ2n) is 4.58. The molecule has 5 heteroatoms. The molecule has 2 N–H and O–H groups in total. The second kappa shape index (κ2) is 8.20. The van der Waals surface area contributed by atoms with Crippen molar-refractivity contribution >= 4 is 30.1 Å². The van der Waals surface area contributed by atoms with Gasteiger partial charge in [-0.2, -0.15) is 11.8 Å². The Hall–Kier alpha value is 0.0700. The van der Waals surface area contributed by atoms with E-state index in [0.29, 0.717) is 11.8 Å². The third-order valence-corrected chi connectivity index (χ3v) is 3.67. The van der Waals surface area contributed by atoms with Crippen molar-refractivity contribution in [3.63, 3.8) is 0 Å². The van der Waals surface area contributed by atoms with Crippen LogP contribution in [0.5, 0.6) is 0 Å². The minimum Gasteiger partial charge on any atom is -0.356 e. The lowest BCUT2D eigenvalue weighted by Gasteiger charge is -2.34. The Bertz CT molecular complexity index is 208. The van der Waals surface area contributed by atoms with Gasteiger partial charge in [0.2, 0.25) is 5.91 Å². The maximum absolute atomic E-state index is 11.4. The van der Waals surface area contributed by atoms with Crippen LogP contribution < -0.4 is 10.6 Å². The summed E-state index contributed by atoms with van der Waals surface area (Å²) in [4.78, 5) is 11.4. The number of carbonyl (C=O) groups excluding carboxylic acids is 1. The fraction of sp³-hybridized carbons (Fsp3) is 0.909. The molecule has 0 atom stereocenters. The van der Waals surface area contributed by atoms with Crippen LogP contribution in [-0.2, 0) is 4.79 Å². The van der Waals surface area contributed by atoms with Gasteiger partial charge in [0.15, 0.2) is 0 Å². The van der Waals surface area contributed by atoms with E-state index in [0.717, 1.165) is 38.2 Å². The van der Waals surface area contributed by atoms with E-state index < -0.39 is 0 Å². The molecule has 0 aliphatic carbocycles. The van der Waals surface area contributed by atoms with Crippen molar-refractivity contribution in [2.24, 2.45) is 5.41 Å². The zero-order valence-electron chi connectivity index (χ0n) is 10.2. The number of nitrogens with one attached hydrogen (secondary N) is 2. The number of amides is 1. The highest BCUT2D eigenvalue weighted by Gasteiger charge is 2.26. The number of rotatable bonds is 5. The van der Waals surface area contributed by atoms with Crippen molar-refractivity contribution in [3.05, 3.63) is 0 Å². The van der Waals surface area contributed by atoms with Crippen molar-refractivity contribution in [1.82, 2.24) is 10.6 Å². The van der Waals surface area contributed by atoms with Gasteiger partial charge < -0.3 is 10.6 Å². The third-order valence-electron chi connectivity index (χ3n) is 3.06. The average Bonchev–Trinajstić information content (AvgIpc) is 2.25. The van der Waals surface area contributed by atoms with Crippen LogP contribution in [-0.4, -0.2) is 37.6 Å². The molecule has 0 radical (unpaired) electrons. The number of hydrogen-bond donors (Lipinski definition) is 2. The first-order valence-corrected chi connectivity index (χ1v) is 7.02. The highest BCUT2D eigenvalue weighted by molar-refractivity contribution is 7.98. The predicted octanol–water partition coefficient (Wildman–Crippen LogP) is 1.67. The molecule has 0 aromatic carbocycles. The standard InChI is InChI=1S/C11H22N2OS.ClH/c1-11(4-6-12-7-5-11)9-13-10(14)3-8-15-2;/h12H,3-9H2,1-2H3,(H,13,14);1H. The van der Waals surface area contributed by atoms with Gasteiger partial charge in [-0.15, -0.1) is 12.4 Å². The highest BCUT2D eigenvalue weighted by Crippen LogP contribution is 2.26. The first-order chi connectivity index (χ1) is 7.16. The molecule has 0 spiro atoms. The number of piperidine rings is 1. The summed E-state index contributed by atoms with van der Waals surface area (Å²) in [5.41, 5.74) is 0.306. The summed E-state index contributed by atoms with van der Waals surface area (Å²) in [5.74, 6) is 1.12. The van der Waals surface area contributed by atoms with E-state index in [4.69, 9.17) is 0 Å². The zero-order valence-corrected chi connectivity index (χ0v) is 11.8. The van der Waals surface area contributed by atoms with Gasteiger partial charge in [-0.1, -0.05) is 6.92 Å². The van der Waals surface area contributed by atoms with Gasteiger partial charge in [0.25, 0.3) is 0 Å². The number of halogens is 1. The number of carbonyl (C=O) groups is 1. The minimum absolute atomic E-state index is 0. The molecule has 1 rings (SSSR count). The summed E-state index contributed by atoms with van der Waals surface area (Å²) in [5, 5.41) is 6.39. The lowest BCUT2D eigenvalue weighted by molar-refractivity contribution is -0.121. The van der Waals surface area contributed by atoms with Crippen LogP contribution in [0.2, 0.25) is 0 Å². The largest absolute Gasteiger partial charge is 0.356 e. The van der Waals surface area contributed by atoms with Crippen LogP contribution >= 0.6 is 24.2 Å². The van der Waals surface area contributed by atoms with Gasteiger partial charge in [-0.25, -0.2) is 0 Å². The van der Waals surface area contributed by atoms with Crippen molar-refractivity contribution in [3.8, 4) is 0 Å². The molecule has 1 aliphatic rings. The number of thioether (sulfide) groups is 1. The fourth-order valence-electron chi connectivity index (χ4n) is 1.80. The molecular formula is C11H23ClN2OS. The lowest BCUT2D eigenvalue weighted by Crippen LogP contribution is -2.42. The minimum atomic E-state index is 0. The lowest BCUT2D eigenvalue weighted by atomic mass is 9.81. The van der Waals surface area contributed by atoms with Gasteiger partial charge in [0, 0.05) is 18.7 Å². The van der Waals surface area contributed by atoms with Crippen molar-refractivity contribution in [2.45, 2.75) is 26.2 Å². The fourth-order valence-corrected chi connectivity index (χ4v) is 2.19. The van der Waals surface area contributed by atoms with Crippen LogP contribution in [0.15, 0.2) is 0 Å². The Labute approximate surface area is 109 Å². The van der Waals surface area contributed by atoms with Gasteiger partial charge in [-0.3, -0.25) is 4.79 Å². The first kappa shape index (κ1) is 16.1. The van der Waals surface area contributed by atoms with E-state index >= 15 is 0 Å². The monoisotopic (exact) mass is 266 g/mol. The van der Waals surface area contributed by atoms with Crippen LogP contribution in [0.3, 0.4) is 0 Å². The molecular weight excluding hydrogens is 244 g/mol. The van der Waals surface area contributed by atoms with E-state index in [1.54, 1.807) is 11.8 Å². The Balaban J connectivity index is 0.00000225. The van der Waals surface area contributed by atoms with Crippen molar-refractivity contribution in [1.29, 1.82) is 0 Å². The van der Waals surface area contributed by atoms with Crippen LogP contribution in [0.4, 0.5) is 0 Å². The molecule has 0 unspecified atom stereocenters. The maximum Gasteiger partial charge on any atom is 0.220 e. The van der Waals surface area contributed by atoms with E-state index in [1.807, 2.05) is 6.26 Å². The van der Waals surface area contributed by atoms with E-state index in [1.165, 1.54) is 0 Å². The third kappa shape index (κ3) is 5.97. The molecule has 16 heavy (non-hydrogen) atoms. The quantitative estimate of drug-likeness (QED) is 0.795. The molecule has 1 heterocycles. The Kier molecular flexibility index (Phi) is 8.24. The summed E-state index contributed by atoms with van der Waals surface area (Å²) in [6, 6.07) is 0.